The zero-order chi connectivity index (χ0) is 13.0. The first kappa shape index (κ1) is 12.7. The maximum atomic E-state index is 5.99. The van der Waals surface area contributed by atoms with Gasteiger partial charge in [-0.1, -0.05) is 25.1 Å². The van der Waals surface area contributed by atoms with Crippen LogP contribution >= 0.6 is 0 Å². The Morgan fingerprint density at radius 1 is 1.33 bits per heavy atom. The molecular formula is C13H18N4O. The molecule has 1 unspecified atom stereocenters. The van der Waals surface area contributed by atoms with Gasteiger partial charge in [0, 0.05) is 11.9 Å². The predicted molar refractivity (Wildman–Crippen MR) is 67.7 cm³/mol. The van der Waals surface area contributed by atoms with Crippen LogP contribution in [0.2, 0.25) is 0 Å². The maximum Gasteiger partial charge on any atom is 0.243 e. The summed E-state index contributed by atoms with van der Waals surface area (Å²) < 4.78 is 5.19. The van der Waals surface area contributed by atoms with E-state index in [0.29, 0.717) is 24.1 Å². The van der Waals surface area contributed by atoms with E-state index < -0.39 is 0 Å². The molecule has 0 aliphatic heterocycles. The minimum absolute atomic E-state index is 0.185. The van der Waals surface area contributed by atoms with Gasteiger partial charge in [-0.05, 0) is 24.5 Å². The fourth-order valence-electron chi connectivity index (χ4n) is 1.76. The van der Waals surface area contributed by atoms with Gasteiger partial charge < -0.3 is 10.3 Å². The minimum atomic E-state index is -0.185. The van der Waals surface area contributed by atoms with Crippen molar-refractivity contribution in [1.29, 1.82) is 0 Å². The molecule has 18 heavy (non-hydrogen) atoms. The van der Waals surface area contributed by atoms with Crippen molar-refractivity contribution >= 4 is 0 Å². The van der Waals surface area contributed by atoms with Crippen molar-refractivity contribution in [3.8, 4) is 0 Å². The van der Waals surface area contributed by atoms with E-state index in [1.165, 1.54) is 0 Å². The van der Waals surface area contributed by atoms with Crippen LogP contribution in [0.25, 0.3) is 0 Å². The van der Waals surface area contributed by atoms with Crippen molar-refractivity contribution in [2.45, 2.75) is 32.7 Å². The lowest BCUT2D eigenvalue weighted by Crippen LogP contribution is -2.13. The lowest BCUT2D eigenvalue weighted by molar-refractivity contribution is 0.333. The number of hydrogen-bond acceptors (Lipinski definition) is 5. The van der Waals surface area contributed by atoms with Crippen molar-refractivity contribution in [3.63, 3.8) is 0 Å². The molecule has 0 amide bonds. The summed E-state index contributed by atoms with van der Waals surface area (Å²) in [6, 6.07) is 5.57. The average Bonchev–Trinajstić information content (AvgIpc) is 2.78. The van der Waals surface area contributed by atoms with Crippen molar-refractivity contribution in [2.24, 2.45) is 11.7 Å². The van der Waals surface area contributed by atoms with Crippen LogP contribution in [0.1, 0.15) is 43.7 Å². The highest BCUT2D eigenvalue weighted by molar-refractivity contribution is 5.09. The molecule has 0 saturated heterocycles. The van der Waals surface area contributed by atoms with Crippen LogP contribution in [0.3, 0.4) is 0 Å². The zero-order valence-corrected chi connectivity index (χ0v) is 10.7. The quantitative estimate of drug-likeness (QED) is 0.874. The molecule has 2 rings (SSSR count). The van der Waals surface area contributed by atoms with Gasteiger partial charge in [0.05, 0.1) is 12.5 Å². The summed E-state index contributed by atoms with van der Waals surface area (Å²) in [5.74, 6) is 1.64. The second-order valence-electron chi connectivity index (χ2n) is 4.78. The first-order valence-electron chi connectivity index (χ1n) is 6.13. The number of rotatable bonds is 5. The Balaban J connectivity index is 2.02. The molecule has 2 aromatic heterocycles. The molecule has 5 nitrogen and oxygen atoms in total. The van der Waals surface area contributed by atoms with E-state index in [9.17, 15) is 0 Å². The molecular weight excluding hydrogens is 228 g/mol. The first-order valence-corrected chi connectivity index (χ1v) is 6.13. The molecule has 2 aromatic rings. The summed E-state index contributed by atoms with van der Waals surface area (Å²) >= 11 is 0. The van der Waals surface area contributed by atoms with E-state index in [-0.39, 0.29) is 6.04 Å². The van der Waals surface area contributed by atoms with Crippen LogP contribution in [0.4, 0.5) is 0 Å². The van der Waals surface area contributed by atoms with Crippen LogP contribution in [0.5, 0.6) is 0 Å². The molecule has 0 saturated carbocycles. The summed E-state index contributed by atoms with van der Waals surface area (Å²) in [7, 11) is 0. The molecule has 0 aliphatic rings. The van der Waals surface area contributed by atoms with Crippen LogP contribution in [0, 0.1) is 5.92 Å². The smallest absolute Gasteiger partial charge is 0.243 e. The maximum absolute atomic E-state index is 5.99. The van der Waals surface area contributed by atoms with Gasteiger partial charge in [-0.25, -0.2) is 0 Å². The summed E-state index contributed by atoms with van der Waals surface area (Å²) in [6.07, 6.45) is 3.16. The molecule has 5 heteroatoms. The van der Waals surface area contributed by atoms with Gasteiger partial charge in [-0.2, -0.15) is 4.98 Å². The number of nitrogens with two attached hydrogens (primary N) is 1. The second kappa shape index (κ2) is 5.73. The Bertz CT molecular complexity index is 481. The van der Waals surface area contributed by atoms with E-state index in [0.717, 1.165) is 12.1 Å². The summed E-state index contributed by atoms with van der Waals surface area (Å²) in [5, 5.41) is 3.93. The minimum Gasteiger partial charge on any atom is -0.338 e. The largest absolute Gasteiger partial charge is 0.338 e. The first-order chi connectivity index (χ1) is 8.65. The van der Waals surface area contributed by atoms with Crippen molar-refractivity contribution in [2.75, 3.05) is 0 Å². The van der Waals surface area contributed by atoms with Gasteiger partial charge >= 0.3 is 0 Å². The third-order valence-electron chi connectivity index (χ3n) is 2.59. The standard InChI is InChI=1S/C13H18N4O/c1-9(2)7-11(14)13-16-12(17-18-13)8-10-5-3-4-6-15-10/h3-6,9,11H,7-8,14H2,1-2H3. The highest BCUT2D eigenvalue weighted by Crippen LogP contribution is 2.17. The normalized spacial score (nSPS) is 12.9. The third-order valence-corrected chi connectivity index (χ3v) is 2.59. The highest BCUT2D eigenvalue weighted by atomic mass is 16.5. The van der Waals surface area contributed by atoms with Crippen LogP contribution in [-0.4, -0.2) is 15.1 Å². The van der Waals surface area contributed by atoms with Crippen LogP contribution < -0.4 is 5.73 Å². The molecule has 2 heterocycles. The molecule has 0 aromatic carbocycles. The van der Waals surface area contributed by atoms with E-state index in [2.05, 4.69) is 29.0 Å². The molecule has 96 valence electrons. The Labute approximate surface area is 106 Å². The lowest BCUT2D eigenvalue weighted by Gasteiger charge is -2.08. The van der Waals surface area contributed by atoms with Gasteiger partial charge in [-0.15, -0.1) is 0 Å². The topological polar surface area (TPSA) is 77.8 Å². The number of hydrogen-bond donors (Lipinski definition) is 1. The van der Waals surface area contributed by atoms with Gasteiger partial charge in [0.25, 0.3) is 0 Å². The van der Waals surface area contributed by atoms with Crippen molar-refractivity contribution < 1.29 is 4.52 Å². The predicted octanol–water partition coefficient (Wildman–Crippen LogP) is 2.10. The van der Waals surface area contributed by atoms with Crippen LogP contribution in [-0.2, 0) is 6.42 Å². The number of pyridine rings is 1. The fraction of sp³-hybridized carbons (Fsp3) is 0.462. The number of nitrogens with zero attached hydrogens (tertiary/aromatic N) is 3. The number of aromatic nitrogens is 3. The van der Waals surface area contributed by atoms with Gasteiger partial charge in [0.15, 0.2) is 5.82 Å². The molecule has 0 fully saturated rings. The monoisotopic (exact) mass is 246 g/mol. The Morgan fingerprint density at radius 3 is 2.83 bits per heavy atom. The Morgan fingerprint density at radius 2 is 2.17 bits per heavy atom. The molecule has 2 N–H and O–H groups in total. The molecule has 0 aliphatic carbocycles. The highest BCUT2D eigenvalue weighted by Gasteiger charge is 2.16. The SMILES string of the molecule is CC(C)CC(N)c1nc(Cc2ccccn2)no1. The lowest BCUT2D eigenvalue weighted by atomic mass is 10.0. The van der Waals surface area contributed by atoms with Gasteiger partial charge in [0.1, 0.15) is 0 Å². The Kier molecular flexibility index (Phi) is 4.04. The molecule has 0 spiro atoms. The second-order valence-corrected chi connectivity index (χ2v) is 4.78. The van der Waals surface area contributed by atoms with E-state index in [1.807, 2.05) is 18.2 Å². The van der Waals surface area contributed by atoms with Crippen LogP contribution in [0.15, 0.2) is 28.9 Å². The van der Waals surface area contributed by atoms with Crippen molar-refractivity contribution in [3.05, 3.63) is 41.8 Å². The van der Waals surface area contributed by atoms with Gasteiger partial charge in [0.2, 0.25) is 5.89 Å². The zero-order valence-electron chi connectivity index (χ0n) is 10.7. The molecule has 1 atom stereocenters. The summed E-state index contributed by atoms with van der Waals surface area (Å²) in [6.45, 7) is 4.23. The summed E-state index contributed by atoms with van der Waals surface area (Å²) in [4.78, 5) is 8.54. The molecule has 0 radical (unpaired) electrons. The third kappa shape index (κ3) is 3.37. The van der Waals surface area contributed by atoms with E-state index >= 15 is 0 Å². The summed E-state index contributed by atoms with van der Waals surface area (Å²) in [5.41, 5.74) is 6.91. The van der Waals surface area contributed by atoms with Crippen molar-refractivity contribution in [1.82, 2.24) is 15.1 Å². The van der Waals surface area contributed by atoms with Gasteiger partial charge in [-0.3, -0.25) is 4.98 Å². The Hall–Kier alpha value is -1.75. The average molecular weight is 246 g/mol. The van der Waals surface area contributed by atoms with E-state index in [1.54, 1.807) is 6.20 Å². The fourth-order valence-corrected chi connectivity index (χ4v) is 1.76. The molecule has 0 bridgehead atoms. The van der Waals surface area contributed by atoms with E-state index in [4.69, 9.17) is 10.3 Å².